The van der Waals surface area contributed by atoms with E-state index in [4.69, 9.17) is 14.2 Å². The number of amides is 1. The van der Waals surface area contributed by atoms with Gasteiger partial charge in [0.2, 0.25) is 5.75 Å². The number of carbonyl (C=O) groups excluding carboxylic acids is 1. The zero-order chi connectivity index (χ0) is 20.8. The number of aromatic nitrogens is 1. The van der Waals surface area contributed by atoms with E-state index in [2.05, 4.69) is 36.2 Å². The Kier molecular flexibility index (Phi) is 6.72. The second-order valence-electron chi connectivity index (χ2n) is 6.51. The summed E-state index contributed by atoms with van der Waals surface area (Å²) in [5.41, 5.74) is 3.12. The summed E-state index contributed by atoms with van der Waals surface area (Å²) in [6.07, 6.45) is 2.08. The van der Waals surface area contributed by atoms with Crippen molar-refractivity contribution < 1.29 is 19.0 Å². The topological polar surface area (TPSA) is 62.0 Å². The number of rotatable bonds is 7. The van der Waals surface area contributed by atoms with Gasteiger partial charge in [-0.15, -0.1) is 11.3 Å². The van der Waals surface area contributed by atoms with Crippen LogP contribution in [0.4, 0.5) is 0 Å². The van der Waals surface area contributed by atoms with Gasteiger partial charge in [0, 0.05) is 18.1 Å². The number of hydrogen-bond donors (Lipinski definition) is 0. The first-order chi connectivity index (χ1) is 14.0. The molecule has 0 saturated carbocycles. The Balaban J connectivity index is 1.81. The molecule has 1 heterocycles. The lowest BCUT2D eigenvalue weighted by Crippen LogP contribution is -2.17. The zero-order valence-electron chi connectivity index (χ0n) is 17.0. The van der Waals surface area contributed by atoms with Crippen LogP contribution in [0.25, 0.3) is 0 Å². The van der Waals surface area contributed by atoms with Gasteiger partial charge < -0.3 is 18.8 Å². The summed E-state index contributed by atoms with van der Waals surface area (Å²) < 4.78 is 18.0. The van der Waals surface area contributed by atoms with Crippen molar-refractivity contribution in [3.05, 3.63) is 69.5 Å². The molecule has 0 saturated heterocycles. The second kappa shape index (κ2) is 9.43. The quantitative estimate of drug-likeness (QED) is 0.595. The molecule has 0 bridgehead atoms. The lowest BCUT2D eigenvalue weighted by Gasteiger charge is -2.13. The van der Waals surface area contributed by atoms with Crippen molar-refractivity contribution >= 4 is 17.2 Å². The molecule has 2 aromatic carbocycles. The lowest BCUT2D eigenvalue weighted by molar-refractivity contribution is -0.117. The predicted octanol–water partition coefficient (Wildman–Crippen LogP) is 3.60. The Hall–Kier alpha value is -3.06. The lowest BCUT2D eigenvalue weighted by atomic mass is 10.1. The third-order valence-corrected chi connectivity index (χ3v) is 5.23. The molecule has 0 unspecified atom stereocenters. The fourth-order valence-corrected chi connectivity index (χ4v) is 3.70. The molecule has 0 aliphatic carbocycles. The Morgan fingerprint density at radius 2 is 1.66 bits per heavy atom. The summed E-state index contributed by atoms with van der Waals surface area (Å²) in [6.45, 7) is 2.73. The number of thiazole rings is 1. The number of ether oxygens (including phenoxy) is 3. The third kappa shape index (κ3) is 5.06. The molecule has 29 heavy (non-hydrogen) atoms. The van der Waals surface area contributed by atoms with Crippen LogP contribution in [0.2, 0.25) is 0 Å². The molecule has 0 fully saturated rings. The van der Waals surface area contributed by atoms with Crippen LogP contribution in [0.1, 0.15) is 16.7 Å². The predicted molar refractivity (Wildman–Crippen MR) is 113 cm³/mol. The van der Waals surface area contributed by atoms with Gasteiger partial charge in [0.15, 0.2) is 16.3 Å². The van der Waals surface area contributed by atoms with Gasteiger partial charge in [-0.2, -0.15) is 4.99 Å². The van der Waals surface area contributed by atoms with Crippen LogP contribution in [-0.2, 0) is 17.8 Å². The molecule has 0 aliphatic rings. The van der Waals surface area contributed by atoms with Crippen molar-refractivity contribution in [1.82, 2.24) is 4.57 Å². The molecule has 6 nitrogen and oxygen atoms in total. The molecule has 3 rings (SSSR count). The maximum absolute atomic E-state index is 12.6. The van der Waals surface area contributed by atoms with E-state index >= 15 is 0 Å². The maximum Gasteiger partial charge on any atom is 0.252 e. The largest absolute Gasteiger partial charge is 0.493 e. The van der Waals surface area contributed by atoms with Crippen molar-refractivity contribution in [2.45, 2.75) is 19.9 Å². The highest BCUT2D eigenvalue weighted by atomic mass is 32.1. The van der Waals surface area contributed by atoms with Crippen LogP contribution in [0.5, 0.6) is 17.2 Å². The number of methoxy groups -OCH3 is 3. The minimum Gasteiger partial charge on any atom is -0.493 e. The van der Waals surface area contributed by atoms with Gasteiger partial charge in [0.25, 0.3) is 5.91 Å². The normalized spacial score (nSPS) is 11.4. The average molecular weight is 413 g/mol. The van der Waals surface area contributed by atoms with E-state index in [1.54, 1.807) is 33.5 Å². The summed E-state index contributed by atoms with van der Waals surface area (Å²) in [4.78, 5) is 17.6. The molecule has 1 aromatic heterocycles. The Bertz CT molecular complexity index is 1030. The van der Waals surface area contributed by atoms with Gasteiger partial charge in [-0.05, 0) is 30.2 Å². The molecule has 1 amide bonds. The summed E-state index contributed by atoms with van der Waals surface area (Å²) in [7, 11) is 4.64. The van der Waals surface area contributed by atoms with Gasteiger partial charge in [0.1, 0.15) is 0 Å². The van der Waals surface area contributed by atoms with Crippen molar-refractivity contribution in [1.29, 1.82) is 0 Å². The monoisotopic (exact) mass is 412 g/mol. The Morgan fingerprint density at radius 1 is 1.00 bits per heavy atom. The molecular weight excluding hydrogens is 388 g/mol. The zero-order valence-corrected chi connectivity index (χ0v) is 17.8. The SMILES string of the molecule is COc1cc(CC(=O)N=c2sccn2Cc2ccc(C)cc2)cc(OC)c1OC. The summed E-state index contributed by atoms with van der Waals surface area (Å²) in [6, 6.07) is 11.9. The molecular formula is C22H24N2O4S. The molecule has 3 aromatic rings. The van der Waals surface area contributed by atoms with Gasteiger partial charge >= 0.3 is 0 Å². The second-order valence-corrected chi connectivity index (χ2v) is 7.39. The van der Waals surface area contributed by atoms with Gasteiger partial charge in [-0.1, -0.05) is 29.8 Å². The first-order valence-corrected chi connectivity index (χ1v) is 9.98. The Morgan fingerprint density at radius 3 is 2.24 bits per heavy atom. The Labute approximate surface area is 174 Å². The fourth-order valence-electron chi connectivity index (χ4n) is 2.96. The highest BCUT2D eigenvalue weighted by Crippen LogP contribution is 2.38. The molecule has 0 spiro atoms. The van der Waals surface area contributed by atoms with Crippen molar-refractivity contribution in [2.75, 3.05) is 21.3 Å². The van der Waals surface area contributed by atoms with E-state index in [1.807, 2.05) is 16.1 Å². The average Bonchev–Trinajstić information content (AvgIpc) is 3.15. The van der Waals surface area contributed by atoms with Crippen molar-refractivity contribution in [3.8, 4) is 17.2 Å². The van der Waals surface area contributed by atoms with E-state index in [0.29, 0.717) is 28.6 Å². The van der Waals surface area contributed by atoms with Crippen LogP contribution in [-0.4, -0.2) is 31.8 Å². The van der Waals surface area contributed by atoms with E-state index < -0.39 is 0 Å². The molecule has 0 radical (unpaired) electrons. The van der Waals surface area contributed by atoms with Crippen LogP contribution < -0.4 is 19.0 Å². The maximum atomic E-state index is 12.6. The van der Waals surface area contributed by atoms with Gasteiger partial charge in [-0.3, -0.25) is 4.79 Å². The number of aryl methyl sites for hydroxylation is 1. The van der Waals surface area contributed by atoms with Crippen LogP contribution in [0, 0.1) is 6.92 Å². The molecule has 0 atom stereocenters. The fraction of sp³-hybridized carbons (Fsp3) is 0.273. The van der Waals surface area contributed by atoms with Crippen LogP contribution in [0.3, 0.4) is 0 Å². The van der Waals surface area contributed by atoms with Crippen molar-refractivity contribution in [3.63, 3.8) is 0 Å². The van der Waals surface area contributed by atoms with Crippen LogP contribution >= 0.6 is 11.3 Å². The third-order valence-electron chi connectivity index (χ3n) is 4.43. The van der Waals surface area contributed by atoms with Gasteiger partial charge in [0.05, 0.1) is 27.8 Å². The van der Waals surface area contributed by atoms with E-state index in [0.717, 1.165) is 11.1 Å². The van der Waals surface area contributed by atoms with E-state index in [-0.39, 0.29) is 12.3 Å². The number of carbonyl (C=O) groups is 1. The summed E-state index contributed by atoms with van der Waals surface area (Å²) >= 11 is 1.44. The van der Waals surface area contributed by atoms with Crippen molar-refractivity contribution in [2.24, 2.45) is 4.99 Å². The highest BCUT2D eigenvalue weighted by Gasteiger charge is 2.15. The standard InChI is InChI=1S/C22H24N2O4S/c1-15-5-7-16(8-6-15)14-24-9-10-29-22(24)23-20(25)13-17-11-18(26-2)21(28-4)19(12-17)27-3/h5-12H,13-14H2,1-4H3. The molecule has 0 N–H and O–H groups in total. The summed E-state index contributed by atoms with van der Waals surface area (Å²) in [5.74, 6) is 1.29. The molecule has 152 valence electrons. The molecule has 0 aliphatic heterocycles. The van der Waals surface area contributed by atoms with Gasteiger partial charge in [-0.25, -0.2) is 0 Å². The van der Waals surface area contributed by atoms with E-state index in [9.17, 15) is 4.79 Å². The van der Waals surface area contributed by atoms with E-state index in [1.165, 1.54) is 16.9 Å². The summed E-state index contributed by atoms with van der Waals surface area (Å²) in [5, 5.41) is 1.93. The number of benzene rings is 2. The number of nitrogens with zero attached hydrogens (tertiary/aromatic N) is 2. The first kappa shape index (κ1) is 20.7. The number of hydrogen-bond acceptors (Lipinski definition) is 5. The minimum absolute atomic E-state index is 0.138. The first-order valence-electron chi connectivity index (χ1n) is 9.10. The van der Waals surface area contributed by atoms with Crippen LogP contribution in [0.15, 0.2) is 53.0 Å². The molecule has 7 heteroatoms. The minimum atomic E-state index is -0.237. The smallest absolute Gasteiger partial charge is 0.252 e. The highest BCUT2D eigenvalue weighted by molar-refractivity contribution is 7.07.